The summed E-state index contributed by atoms with van der Waals surface area (Å²) in [7, 11) is 0. The molecule has 2 N–H and O–H groups in total. The van der Waals surface area contributed by atoms with Gasteiger partial charge >= 0.3 is 0 Å². The predicted octanol–water partition coefficient (Wildman–Crippen LogP) is 3.00. The maximum atomic E-state index is 5.99. The fourth-order valence-electron chi connectivity index (χ4n) is 3.67. The highest BCUT2D eigenvalue weighted by Gasteiger charge is 2.24. The molecule has 0 radical (unpaired) electrons. The SMILES string of the molecule is N[C@@H]1CC[C@H](CON2CCC(Cc3ccccc3)CC2)C1. The van der Waals surface area contributed by atoms with Crippen LogP contribution in [0.4, 0.5) is 0 Å². The topological polar surface area (TPSA) is 38.5 Å². The summed E-state index contributed by atoms with van der Waals surface area (Å²) in [4.78, 5) is 5.99. The third-order valence-electron chi connectivity index (χ3n) is 5.02. The Morgan fingerprint density at radius 1 is 1.00 bits per heavy atom. The quantitative estimate of drug-likeness (QED) is 0.905. The summed E-state index contributed by atoms with van der Waals surface area (Å²) in [5.41, 5.74) is 7.43. The number of rotatable bonds is 5. The van der Waals surface area contributed by atoms with Gasteiger partial charge in [0.2, 0.25) is 0 Å². The Balaban J connectivity index is 1.35. The summed E-state index contributed by atoms with van der Waals surface area (Å²) in [6, 6.07) is 11.3. The maximum absolute atomic E-state index is 5.99. The molecule has 1 heterocycles. The van der Waals surface area contributed by atoms with E-state index in [0.717, 1.165) is 32.0 Å². The van der Waals surface area contributed by atoms with Gasteiger partial charge < -0.3 is 5.73 Å². The molecule has 3 rings (SSSR count). The van der Waals surface area contributed by atoms with Gasteiger partial charge in [-0.1, -0.05) is 30.3 Å². The van der Waals surface area contributed by atoms with Crippen LogP contribution in [0.5, 0.6) is 0 Å². The van der Waals surface area contributed by atoms with E-state index in [2.05, 4.69) is 35.4 Å². The molecule has 3 nitrogen and oxygen atoms in total. The Morgan fingerprint density at radius 2 is 1.76 bits per heavy atom. The summed E-state index contributed by atoms with van der Waals surface area (Å²) < 4.78 is 0. The Labute approximate surface area is 128 Å². The molecule has 2 fully saturated rings. The van der Waals surface area contributed by atoms with Crippen LogP contribution >= 0.6 is 0 Å². The summed E-state index contributed by atoms with van der Waals surface area (Å²) in [5.74, 6) is 1.49. The zero-order valence-corrected chi connectivity index (χ0v) is 12.9. The number of nitrogens with two attached hydrogens (primary N) is 1. The normalized spacial score (nSPS) is 28.0. The van der Waals surface area contributed by atoms with E-state index in [1.54, 1.807) is 0 Å². The smallest absolute Gasteiger partial charge is 0.0713 e. The molecule has 21 heavy (non-hydrogen) atoms. The van der Waals surface area contributed by atoms with E-state index in [9.17, 15) is 0 Å². The van der Waals surface area contributed by atoms with Gasteiger partial charge in [0, 0.05) is 19.1 Å². The third kappa shape index (κ3) is 4.53. The van der Waals surface area contributed by atoms with Gasteiger partial charge in [0.05, 0.1) is 6.61 Å². The molecular formula is C18H28N2O. The number of piperidine rings is 1. The minimum Gasteiger partial charge on any atom is -0.328 e. The first kappa shape index (κ1) is 15.0. The lowest BCUT2D eigenvalue weighted by Gasteiger charge is -2.31. The Kier molecular flexibility index (Phi) is 5.28. The van der Waals surface area contributed by atoms with Crippen molar-refractivity contribution in [2.45, 2.75) is 44.6 Å². The van der Waals surface area contributed by atoms with Crippen molar-refractivity contribution in [3.05, 3.63) is 35.9 Å². The van der Waals surface area contributed by atoms with Crippen LogP contribution < -0.4 is 5.73 Å². The lowest BCUT2D eigenvalue weighted by Crippen LogP contribution is -2.35. The average molecular weight is 288 g/mol. The van der Waals surface area contributed by atoms with Crippen molar-refractivity contribution in [2.24, 2.45) is 17.6 Å². The van der Waals surface area contributed by atoms with Crippen LogP contribution in [0.2, 0.25) is 0 Å². The van der Waals surface area contributed by atoms with Crippen molar-refractivity contribution in [3.63, 3.8) is 0 Å². The Bertz CT molecular complexity index is 414. The van der Waals surface area contributed by atoms with Crippen molar-refractivity contribution in [2.75, 3.05) is 19.7 Å². The number of hydroxylamine groups is 2. The molecule has 116 valence electrons. The fraction of sp³-hybridized carbons (Fsp3) is 0.667. The second-order valence-electron chi connectivity index (χ2n) is 6.80. The second-order valence-corrected chi connectivity index (χ2v) is 6.80. The molecule has 0 bridgehead atoms. The summed E-state index contributed by atoms with van der Waals surface area (Å²) >= 11 is 0. The van der Waals surface area contributed by atoms with E-state index < -0.39 is 0 Å². The molecule has 1 aliphatic heterocycles. The molecular weight excluding hydrogens is 260 g/mol. The van der Waals surface area contributed by atoms with Gasteiger partial charge in [-0.3, -0.25) is 4.84 Å². The molecule has 0 amide bonds. The zero-order chi connectivity index (χ0) is 14.5. The molecule has 0 spiro atoms. The molecule has 1 aromatic carbocycles. The lowest BCUT2D eigenvalue weighted by atomic mass is 9.91. The molecule has 1 aromatic rings. The highest BCUT2D eigenvalue weighted by Crippen LogP contribution is 2.26. The van der Waals surface area contributed by atoms with Crippen LogP contribution in [0.3, 0.4) is 0 Å². The summed E-state index contributed by atoms with van der Waals surface area (Å²) in [5, 5.41) is 2.19. The Hall–Kier alpha value is -0.900. The molecule has 2 aliphatic rings. The van der Waals surface area contributed by atoms with Crippen molar-refractivity contribution < 1.29 is 4.84 Å². The van der Waals surface area contributed by atoms with Crippen molar-refractivity contribution in [3.8, 4) is 0 Å². The van der Waals surface area contributed by atoms with Gasteiger partial charge in [0.25, 0.3) is 0 Å². The molecule has 0 unspecified atom stereocenters. The van der Waals surface area contributed by atoms with Crippen LogP contribution in [0.1, 0.15) is 37.7 Å². The standard InChI is InChI=1S/C18H28N2O/c19-18-7-6-17(13-18)14-21-20-10-8-16(9-11-20)12-15-4-2-1-3-5-15/h1-5,16-18H,6-14,19H2/t17-,18+/m0/s1. The van der Waals surface area contributed by atoms with Gasteiger partial charge in [-0.05, 0) is 55.9 Å². The van der Waals surface area contributed by atoms with Crippen molar-refractivity contribution in [1.82, 2.24) is 5.06 Å². The highest BCUT2D eigenvalue weighted by molar-refractivity contribution is 5.15. The molecule has 2 atom stereocenters. The van der Waals surface area contributed by atoms with Gasteiger partial charge in [0.15, 0.2) is 0 Å². The number of hydrogen-bond acceptors (Lipinski definition) is 3. The predicted molar refractivity (Wildman–Crippen MR) is 85.7 cm³/mol. The molecule has 1 aliphatic carbocycles. The van der Waals surface area contributed by atoms with E-state index in [0.29, 0.717) is 12.0 Å². The summed E-state index contributed by atoms with van der Waals surface area (Å²) in [6.45, 7) is 3.03. The molecule has 1 saturated heterocycles. The first-order chi connectivity index (χ1) is 10.3. The van der Waals surface area contributed by atoms with Crippen molar-refractivity contribution >= 4 is 0 Å². The molecule has 3 heteroatoms. The van der Waals surface area contributed by atoms with E-state index in [4.69, 9.17) is 10.6 Å². The van der Waals surface area contributed by atoms with Crippen molar-refractivity contribution in [1.29, 1.82) is 0 Å². The largest absolute Gasteiger partial charge is 0.328 e. The van der Waals surface area contributed by atoms with E-state index in [-0.39, 0.29) is 0 Å². The number of nitrogens with zero attached hydrogens (tertiary/aromatic N) is 1. The van der Waals surface area contributed by atoms with Gasteiger partial charge in [-0.15, -0.1) is 0 Å². The summed E-state index contributed by atoms with van der Waals surface area (Å²) in [6.07, 6.45) is 7.27. The van der Waals surface area contributed by atoms with E-state index >= 15 is 0 Å². The third-order valence-corrected chi connectivity index (χ3v) is 5.02. The molecule has 1 saturated carbocycles. The zero-order valence-electron chi connectivity index (χ0n) is 12.9. The van der Waals surface area contributed by atoms with Crippen LogP contribution in [-0.4, -0.2) is 30.8 Å². The maximum Gasteiger partial charge on any atom is 0.0713 e. The van der Waals surface area contributed by atoms with E-state index in [1.165, 1.54) is 37.7 Å². The van der Waals surface area contributed by atoms with Crippen LogP contribution in [-0.2, 0) is 11.3 Å². The Morgan fingerprint density at radius 3 is 2.43 bits per heavy atom. The minimum atomic E-state index is 0.412. The lowest BCUT2D eigenvalue weighted by molar-refractivity contribution is -0.183. The van der Waals surface area contributed by atoms with Crippen LogP contribution in [0, 0.1) is 11.8 Å². The fourth-order valence-corrected chi connectivity index (χ4v) is 3.67. The van der Waals surface area contributed by atoms with Crippen LogP contribution in [0.15, 0.2) is 30.3 Å². The second kappa shape index (κ2) is 7.39. The first-order valence-corrected chi connectivity index (χ1v) is 8.47. The minimum absolute atomic E-state index is 0.412. The van der Waals surface area contributed by atoms with Gasteiger partial charge in [-0.2, -0.15) is 5.06 Å². The number of hydrogen-bond donors (Lipinski definition) is 1. The van der Waals surface area contributed by atoms with Gasteiger partial charge in [-0.25, -0.2) is 0 Å². The number of benzene rings is 1. The first-order valence-electron chi connectivity index (χ1n) is 8.47. The van der Waals surface area contributed by atoms with Gasteiger partial charge in [0.1, 0.15) is 0 Å². The van der Waals surface area contributed by atoms with E-state index in [1.807, 2.05) is 0 Å². The highest BCUT2D eigenvalue weighted by atomic mass is 16.7. The average Bonchev–Trinajstić information content (AvgIpc) is 2.93. The van der Waals surface area contributed by atoms with Crippen LogP contribution in [0.25, 0.3) is 0 Å². The monoisotopic (exact) mass is 288 g/mol. The molecule has 0 aromatic heterocycles.